The van der Waals surface area contributed by atoms with E-state index in [4.69, 9.17) is 19.2 Å². The number of benzene rings is 1. The Labute approximate surface area is 110 Å². The lowest BCUT2D eigenvalue weighted by molar-refractivity contribution is 0.0695. The second kappa shape index (κ2) is 5.27. The van der Waals surface area contributed by atoms with Crippen LogP contribution in [0.25, 0.3) is 0 Å². The lowest BCUT2D eigenvalue weighted by atomic mass is 10.2. The Balaban J connectivity index is 2.24. The largest absolute Gasteiger partial charge is 0.493 e. The first-order valence-electron chi connectivity index (χ1n) is 5.51. The van der Waals surface area contributed by atoms with Crippen molar-refractivity contribution in [1.29, 1.82) is 5.26 Å². The number of hydrogen-bond donors (Lipinski definition) is 0. The molecule has 0 atom stereocenters. The van der Waals surface area contributed by atoms with Gasteiger partial charge in [0.1, 0.15) is 5.76 Å². The van der Waals surface area contributed by atoms with Crippen LogP contribution in [0.3, 0.4) is 0 Å². The predicted molar refractivity (Wildman–Crippen MR) is 66.1 cm³/mol. The Bertz CT molecular complexity index is 652. The van der Waals surface area contributed by atoms with Crippen LogP contribution in [0.15, 0.2) is 34.7 Å². The molecule has 0 radical (unpaired) electrons. The van der Waals surface area contributed by atoms with Crippen molar-refractivity contribution in [2.75, 3.05) is 7.11 Å². The first kappa shape index (κ1) is 12.7. The van der Waals surface area contributed by atoms with Crippen molar-refractivity contribution in [1.82, 2.24) is 0 Å². The first-order chi connectivity index (χ1) is 9.13. The molecule has 0 saturated heterocycles. The molecular weight excluding hydrogens is 246 g/mol. The van der Waals surface area contributed by atoms with Crippen molar-refractivity contribution >= 4 is 5.97 Å². The molecule has 5 heteroatoms. The third-order valence-corrected chi connectivity index (χ3v) is 2.44. The number of methoxy groups -OCH3 is 1. The van der Waals surface area contributed by atoms with Crippen molar-refractivity contribution in [3.63, 3.8) is 0 Å². The Morgan fingerprint density at radius 3 is 2.63 bits per heavy atom. The molecule has 1 aromatic carbocycles. The van der Waals surface area contributed by atoms with Gasteiger partial charge in [0.15, 0.2) is 11.5 Å². The van der Waals surface area contributed by atoms with E-state index in [1.807, 2.05) is 6.07 Å². The molecule has 0 aliphatic carbocycles. The lowest BCUT2D eigenvalue weighted by Crippen LogP contribution is -2.08. The third kappa shape index (κ3) is 2.75. The summed E-state index contributed by atoms with van der Waals surface area (Å²) < 4.78 is 15.4. The lowest BCUT2D eigenvalue weighted by Gasteiger charge is -2.08. The Morgan fingerprint density at radius 1 is 1.26 bits per heavy atom. The van der Waals surface area contributed by atoms with Crippen molar-refractivity contribution in [3.8, 4) is 17.6 Å². The molecule has 0 unspecified atom stereocenters. The van der Waals surface area contributed by atoms with E-state index in [-0.39, 0.29) is 11.5 Å². The van der Waals surface area contributed by atoms with Crippen LogP contribution in [-0.4, -0.2) is 13.1 Å². The Kier molecular flexibility index (Phi) is 3.53. The summed E-state index contributed by atoms with van der Waals surface area (Å²) in [5, 5.41) is 8.78. The topological polar surface area (TPSA) is 72.5 Å². The minimum absolute atomic E-state index is 0.115. The molecule has 19 heavy (non-hydrogen) atoms. The fraction of sp³-hybridized carbons (Fsp3) is 0.143. The van der Waals surface area contributed by atoms with Crippen LogP contribution in [-0.2, 0) is 0 Å². The van der Waals surface area contributed by atoms with E-state index in [9.17, 15) is 4.79 Å². The molecule has 0 spiro atoms. The second-order valence-corrected chi connectivity index (χ2v) is 3.78. The van der Waals surface area contributed by atoms with E-state index in [0.29, 0.717) is 17.1 Å². The average molecular weight is 257 g/mol. The van der Waals surface area contributed by atoms with Gasteiger partial charge in [0, 0.05) is 6.07 Å². The van der Waals surface area contributed by atoms with Gasteiger partial charge in [-0.05, 0) is 31.2 Å². The maximum absolute atomic E-state index is 11.8. The molecule has 0 aliphatic heterocycles. The highest BCUT2D eigenvalue weighted by atomic mass is 16.6. The minimum Gasteiger partial charge on any atom is -0.493 e. The van der Waals surface area contributed by atoms with Gasteiger partial charge in [-0.3, -0.25) is 0 Å². The van der Waals surface area contributed by atoms with Crippen LogP contribution in [0.5, 0.6) is 11.5 Å². The van der Waals surface area contributed by atoms with Crippen molar-refractivity contribution in [3.05, 3.63) is 47.4 Å². The molecule has 5 nitrogen and oxygen atoms in total. The number of rotatable bonds is 3. The minimum atomic E-state index is -0.615. The van der Waals surface area contributed by atoms with Gasteiger partial charge in [-0.25, -0.2) is 4.79 Å². The van der Waals surface area contributed by atoms with Crippen LogP contribution in [0.4, 0.5) is 0 Å². The zero-order chi connectivity index (χ0) is 13.8. The number of aryl methyl sites for hydroxylation is 1. The van der Waals surface area contributed by atoms with E-state index in [1.165, 1.54) is 25.3 Å². The first-order valence-corrected chi connectivity index (χ1v) is 5.51. The summed E-state index contributed by atoms with van der Waals surface area (Å²) in [6.45, 7) is 1.74. The SMILES string of the molecule is COc1cc(C#N)ccc1OC(=O)c1ccc(C)o1. The summed E-state index contributed by atoms with van der Waals surface area (Å²) in [5.74, 6) is 0.676. The van der Waals surface area contributed by atoms with Crippen molar-refractivity contribution < 1.29 is 18.7 Å². The average Bonchev–Trinajstić information content (AvgIpc) is 2.86. The third-order valence-electron chi connectivity index (χ3n) is 2.44. The maximum atomic E-state index is 11.8. The van der Waals surface area contributed by atoms with Crippen LogP contribution >= 0.6 is 0 Å². The number of carbonyl (C=O) groups excluding carboxylic acids is 1. The summed E-state index contributed by atoms with van der Waals surface area (Å²) in [7, 11) is 1.44. The summed E-state index contributed by atoms with van der Waals surface area (Å²) in [5.41, 5.74) is 0.422. The number of nitriles is 1. The number of hydrogen-bond acceptors (Lipinski definition) is 5. The Hall–Kier alpha value is -2.74. The van der Waals surface area contributed by atoms with Crippen LogP contribution < -0.4 is 9.47 Å². The van der Waals surface area contributed by atoms with Gasteiger partial charge in [-0.1, -0.05) is 0 Å². The zero-order valence-electron chi connectivity index (χ0n) is 10.5. The highest BCUT2D eigenvalue weighted by molar-refractivity contribution is 5.88. The van der Waals surface area contributed by atoms with Crippen molar-refractivity contribution in [2.45, 2.75) is 6.92 Å². The molecule has 96 valence electrons. The van der Waals surface area contributed by atoms with E-state index in [1.54, 1.807) is 19.1 Å². The molecule has 0 fully saturated rings. The summed E-state index contributed by atoms with van der Waals surface area (Å²) in [6.07, 6.45) is 0. The number of carbonyl (C=O) groups is 1. The van der Waals surface area contributed by atoms with Gasteiger partial charge in [0.25, 0.3) is 0 Å². The molecule has 0 N–H and O–H groups in total. The summed E-state index contributed by atoms with van der Waals surface area (Å²) in [6, 6.07) is 9.73. The zero-order valence-corrected chi connectivity index (χ0v) is 10.5. The van der Waals surface area contributed by atoms with Gasteiger partial charge in [0.2, 0.25) is 5.76 Å². The number of ether oxygens (including phenoxy) is 2. The van der Waals surface area contributed by atoms with Crippen LogP contribution in [0, 0.1) is 18.3 Å². The molecule has 0 bridgehead atoms. The van der Waals surface area contributed by atoms with Gasteiger partial charge >= 0.3 is 5.97 Å². The molecule has 0 amide bonds. The van der Waals surface area contributed by atoms with Gasteiger partial charge in [-0.2, -0.15) is 5.26 Å². The molecule has 0 saturated carbocycles. The quantitative estimate of drug-likeness (QED) is 0.624. The van der Waals surface area contributed by atoms with E-state index >= 15 is 0 Å². The van der Waals surface area contributed by atoms with Crippen molar-refractivity contribution in [2.24, 2.45) is 0 Å². The highest BCUT2D eigenvalue weighted by Gasteiger charge is 2.15. The monoisotopic (exact) mass is 257 g/mol. The molecular formula is C14H11NO4. The van der Waals surface area contributed by atoms with E-state index < -0.39 is 5.97 Å². The molecule has 0 aliphatic rings. The van der Waals surface area contributed by atoms with Gasteiger partial charge < -0.3 is 13.9 Å². The Morgan fingerprint density at radius 2 is 2.05 bits per heavy atom. The predicted octanol–water partition coefficient (Wildman–Crippen LogP) is 2.69. The molecule has 1 heterocycles. The molecule has 2 aromatic rings. The van der Waals surface area contributed by atoms with Gasteiger partial charge in [-0.15, -0.1) is 0 Å². The van der Waals surface area contributed by atoms with E-state index in [0.717, 1.165) is 0 Å². The summed E-state index contributed by atoms with van der Waals surface area (Å²) in [4.78, 5) is 11.8. The molecule has 1 aromatic heterocycles. The molecule has 2 rings (SSSR count). The van der Waals surface area contributed by atoms with E-state index in [2.05, 4.69) is 0 Å². The maximum Gasteiger partial charge on any atom is 0.379 e. The smallest absolute Gasteiger partial charge is 0.379 e. The number of esters is 1. The second-order valence-electron chi connectivity index (χ2n) is 3.78. The number of furan rings is 1. The summed E-state index contributed by atoms with van der Waals surface area (Å²) >= 11 is 0. The number of nitrogens with zero attached hydrogens (tertiary/aromatic N) is 1. The van der Waals surface area contributed by atoms with Gasteiger partial charge in [0.05, 0.1) is 18.7 Å². The van der Waals surface area contributed by atoms with Crippen LogP contribution in [0.1, 0.15) is 21.9 Å². The normalized spacial score (nSPS) is 9.74. The fourth-order valence-electron chi connectivity index (χ4n) is 1.52. The highest BCUT2D eigenvalue weighted by Crippen LogP contribution is 2.28. The van der Waals surface area contributed by atoms with Crippen LogP contribution in [0.2, 0.25) is 0 Å². The fourth-order valence-corrected chi connectivity index (χ4v) is 1.52. The standard InChI is InChI=1S/C14H11NO4/c1-9-3-5-12(18-9)14(16)19-11-6-4-10(8-15)7-13(11)17-2/h3-7H,1-2H3.